The molecule has 0 radical (unpaired) electrons. The number of halogens is 1. The zero-order chi connectivity index (χ0) is 16.1. The van der Waals surface area contributed by atoms with Gasteiger partial charge in [-0.1, -0.05) is 29.3 Å². The number of nitrogens with zero attached hydrogens (tertiary/aromatic N) is 1. The van der Waals surface area contributed by atoms with E-state index in [1.54, 1.807) is 43.4 Å². The number of carbonyl (C=O) groups excluding carboxylic acids is 2. The fourth-order valence-corrected chi connectivity index (χ4v) is 2.15. The van der Waals surface area contributed by atoms with Gasteiger partial charge < -0.3 is 10.2 Å². The maximum Gasteiger partial charge on any atom is 0.254 e. The van der Waals surface area contributed by atoms with Gasteiger partial charge in [0.25, 0.3) is 5.91 Å². The second kappa shape index (κ2) is 7.09. The number of hydrogen-bond donors (Lipinski definition) is 1. The zero-order valence-corrected chi connectivity index (χ0v) is 13.2. The Morgan fingerprint density at radius 3 is 2.45 bits per heavy atom. The van der Waals surface area contributed by atoms with Crippen LogP contribution in [0.5, 0.6) is 0 Å². The van der Waals surface area contributed by atoms with E-state index < -0.39 is 0 Å². The van der Waals surface area contributed by atoms with E-state index in [9.17, 15) is 9.59 Å². The van der Waals surface area contributed by atoms with Gasteiger partial charge in [-0.05, 0) is 43.3 Å². The Labute approximate surface area is 134 Å². The number of aryl methyl sites for hydroxylation is 1. The summed E-state index contributed by atoms with van der Waals surface area (Å²) in [5.74, 6) is -0.444. The van der Waals surface area contributed by atoms with Gasteiger partial charge in [0, 0.05) is 23.3 Å². The van der Waals surface area contributed by atoms with Crippen molar-refractivity contribution in [2.45, 2.75) is 6.92 Å². The van der Waals surface area contributed by atoms with Crippen LogP contribution in [0.4, 0.5) is 5.69 Å². The van der Waals surface area contributed by atoms with Crippen LogP contribution in [0.2, 0.25) is 5.02 Å². The Kier molecular flexibility index (Phi) is 5.17. The molecule has 0 aliphatic heterocycles. The summed E-state index contributed by atoms with van der Waals surface area (Å²) < 4.78 is 0. The monoisotopic (exact) mass is 316 g/mol. The molecule has 0 saturated carbocycles. The molecule has 0 unspecified atom stereocenters. The van der Waals surface area contributed by atoms with E-state index in [4.69, 9.17) is 11.6 Å². The highest BCUT2D eigenvalue weighted by Gasteiger charge is 2.15. The van der Waals surface area contributed by atoms with Crippen LogP contribution in [-0.2, 0) is 4.79 Å². The third-order valence-electron chi connectivity index (χ3n) is 3.12. The number of likely N-dealkylation sites (N-methyl/N-ethyl adjacent to an activating group) is 1. The molecule has 1 N–H and O–H groups in total. The summed E-state index contributed by atoms with van der Waals surface area (Å²) in [5.41, 5.74) is 2.22. The summed E-state index contributed by atoms with van der Waals surface area (Å²) in [6.07, 6.45) is 0. The zero-order valence-electron chi connectivity index (χ0n) is 12.5. The molecule has 0 spiro atoms. The second-order valence-electron chi connectivity index (χ2n) is 5.09. The minimum Gasteiger partial charge on any atom is -0.332 e. The third kappa shape index (κ3) is 4.33. The lowest BCUT2D eigenvalue weighted by Gasteiger charge is -2.17. The molecule has 2 rings (SSSR count). The molecular weight excluding hydrogens is 300 g/mol. The van der Waals surface area contributed by atoms with E-state index in [1.807, 2.05) is 19.1 Å². The van der Waals surface area contributed by atoms with Gasteiger partial charge in [0.05, 0.1) is 6.54 Å². The van der Waals surface area contributed by atoms with Crippen molar-refractivity contribution < 1.29 is 9.59 Å². The first kappa shape index (κ1) is 16.0. The minimum absolute atomic E-state index is 0.0185. The van der Waals surface area contributed by atoms with Crippen LogP contribution in [0.25, 0.3) is 0 Å². The second-order valence-corrected chi connectivity index (χ2v) is 5.52. The highest BCUT2D eigenvalue weighted by Crippen LogP contribution is 2.13. The van der Waals surface area contributed by atoms with E-state index >= 15 is 0 Å². The van der Waals surface area contributed by atoms with Gasteiger partial charge in [-0.15, -0.1) is 0 Å². The van der Waals surface area contributed by atoms with Crippen LogP contribution in [-0.4, -0.2) is 30.3 Å². The quantitative estimate of drug-likeness (QED) is 0.940. The maximum absolute atomic E-state index is 12.3. The van der Waals surface area contributed by atoms with Crippen molar-refractivity contribution in [2.24, 2.45) is 0 Å². The molecular formula is C17H17ClN2O2. The van der Waals surface area contributed by atoms with E-state index in [0.29, 0.717) is 16.3 Å². The van der Waals surface area contributed by atoms with Crippen LogP contribution in [0.1, 0.15) is 15.9 Å². The molecule has 0 aliphatic rings. The lowest BCUT2D eigenvalue weighted by atomic mass is 10.1. The number of amides is 2. The largest absolute Gasteiger partial charge is 0.332 e. The fraction of sp³-hybridized carbons (Fsp3) is 0.176. The normalized spacial score (nSPS) is 10.1. The Balaban J connectivity index is 1.96. The first-order valence-corrected chi connectivity index (χ1v) is 7.21. The Morgan fingerprint density at radius 1 is 1.14 bits per heavy atom. The minimum atomic E-state index is -0.258. The van der Waals surface area contributed by atoms with Gasteiger partial charge in [-0.3, -0.25) is 9.59 Å². The van der Waals surface area contributed by atoms with Crippen LogP contribution in [0, 0.1) is 6.92 Å². The molecule has 2 aromatic carbocycles. The number of anilines is 1. The molecule has 0 aromatic heterocycles. The van der Waals surface area contributed by atoms with Crippen molar-refractivity contribution in [3.63, 3.8) is 0 Å². The Morgan fingerprint density at radius 2 is 1.82 bits per heavy atom. The Hall–Kier alpha value is -2.33. The van der Waals surface area contributed by atoms with Crippen molar-refractivity contribution in [2.75, 3.05) is 18.9 Å². The lowest BCUT2D eigenvalue weighted by molar-refractivity contribution is -0.116. The molecule has 0 saturated heterocycles. The smallest absolute Gasteiger partial charge is 0.254 e. The molecule has 5 heteroatoms. The third-order valence-corrected chi connectivity index (χ3v) is 3.37. The van der Waals surface area contributed by atoms with E-state index in [0.717, 1.165) is 5.56 Å². The molecule has 114 valence electrons. The van der Waals surface area contributed by atoms with E-state index in [-0.39, 0.29) is 18.4 Å². The fourth-order valence-electron chi connectivity index (χ4n) is 2.02. The molecule has 0 fully saturated rings. The summed E-state index contributed by atoms with van der Waals surface area (Å²) in [7, 11) is 1.60. The summed E-state index contributed by atoms with van der Waals surface area (Å²) >= 11 is 5.79. The molecule has 22 heavy (non-hydrogen) atoms. The van der Waals surface area contributed by atoms with Gasteiger partial charge in [0.2, 0.25) is 5.91 Å². The van der Waals surface area contributed by atoms with Crippen LogP contribution >= 0.6 is 11.6 Å². The number of rotatable bonds is 4. The van der Waals surface area contributed by atoms with Crippen LogP contribution in [0.15, 0.2) is 48.5 Å². The molecule has 0 heterocycles. The molecule has 2 aromatic rings. The topological polar surface area (TPSA) is 49.4 Å². The van der Waals surface area contributed by atoms with Crippen molar-refractivity contribution in [3.8, 4) is 0 Å². The molecule has 0 bridgehead atoms. The summed E-state index contributed by atoms with van der Waals surface area (Å²) in [6, 6.07) is 14.1. The number of carbonyl (C=O) groups is 2. The molecule has 4 nitrogen and oxygen atoms in total. The van der Waals surface area contributed by atoms with Crippen molar-refractivity contribution in [1.82, 2.24) is 4.90 Å². The van der Waals surface area contributed by atoms with Gasteiger partial charge in [-0.25, -0.2) is 0 Å². The summed E-state index contributed by atoms with van der Waals surface area (Å²) in [4.78, 5) is 25.6. The maximum atomic E-state index is 12.3. The average Bonchev–Trinajstić information content (AvgIpc) is 2.48. The lowest BCUT2D eigenvalue weighted by Crippen LogP contribution is -2.34. The molecule has 0 atom stereocenters. The average molecular weight is 317 g/mol. The first-order valence-electron chi connectivity index (χ1n) is 6.83. The number of hydrogen-bond acceptors (Lipinski definition) is 2. The SMILES string of the molecule is Cc1cccc(C(=O)N(C)CC(=O)Nc2ccc(Cl)cc2)c1. The predicted octanol–water partition coefficient (Wildman–Crippen LogP) is 3.36. The van der Waals surface area contributed by atoms with E-state index in [1.165, 1.54) is 4.90 Å². The standard InChI is InChI=1S/C17H17ClN2O2/c1-12-4-3-5-13(10-12)17(22)20(2)11-16(21)19-15-8-6-14(18)7-9-15/h3-10H,11H2,1-2H3,(H,19,21). The highest BCUT2D eigenvalue weighted by molar-refractivity contribution is 6.30. The van der Waals surface area contributed by atoms with Crippen LogP contribution in [0.3, 0.4) is 0 Å². The van der Waals surface area contributed by atoms with Gasteiger partial charge in [0.15, 0.2) is 0 Å². The van der Waals surface area contributed by atoms with Gasteiger partial charge >= 0.3 is 0 Å². The first-order chi connectivity index (χ1) is 10.5. The molecule has 0 aliphatic carbocycles. The van der Waals surface area contributed by atoms with Gasteiger partial charge in [0.1, 0.15) is 0 Å². The highest BCUT2D eigenvalue weighted by atomic mass is 35.5. The Bertz CT molecular complexity index is 683. The number of benzene rings is 2. The predicted molar refractivity (Wildman–Crippen MR) is 88.2 cm³/mol. The van der Waals surface area contributed by atoms with E-state index in [2.05, 4.69) is 5.32 Å². The molecule has 2 amide bonds. The van der Waals surface area contributed by atoms with Crippen LogP contribution < -0.4 is 5.32 Å². The summed E-state index contributed by atoms with van der Waals surface area (Å²) in [5, 5.41) is 3.33. The number of nitrogens with one attached hydrogen (secondary N) is 1. The van der Waals surface area contributed by atoms with Crippen molar-refractivity contribution in [1.29, 1.82) is 0 Å². The van der Waals surface area contributed by atoms with Crippen molar-refractivity contribution in [3.05, 3.63) is 64.7 Å². The van der Waals surface area contributed by atoms with Gasteiger partial charge in [-0.2, -0.15) is 0 Å². The van der Waals surface area contributed by atoms with Crippen molar-refractivity contribution >= 4 is 29.1 Å². The summed E-state index contributed by atoms with van der Waals surface area (Å²) in [6.45, 7) is 1.90.